The molecule has 0 saturated carbocycles. The van der Waals surface area contributed by atoms with Gasteiger partial charge < -0.3 is 19.9 Å². The third kappa shape index (κ3) is 5.22. The van der Waals surface area contributed by atoms with E-state index in [1.165, 1.54) is 0 Å². The lowest BCUT2D eigenvalue weighted by atomic mass is 10.2. The van der Waals surface area contributed by atoms with Crippen molar-refractivity contribution in [3.63, 3.8) is 0 Å². The molecule has 1 aromatic heterocycles. The first kappa shape index (κ1) is 20.1. The lowest BCUT2D eigenvalue weighted by Gasteiger charge is -2.09. The Morgan fingerprint density at radius 2 is 1.72 bits per heavy atom. The molecule has 3 rings (SSSR count). The summed E-state index contributed by atoms with van der Waals surface area (Å²) in [6, 6.07) is 13.9. The average molecular weight is 393 g/mol. The fraction of sp³-hybridized carbons (Fsp3) is 0.227. The highest BCUT2D eigenvalue weighted by molar-refractivity contribution is 6.04. The van der Waals surface area contributed by atoms with Crippen molar-refractivity contribution in [3.05, 3.63) is 71.1 Å². The molecule has 0 radical (unpaired) electrons. The van der Waals surface area contributed by atoms with Gasteiger partial charge in [-0.05, 0) is 56.3 Å². The van der Waals surface area contributed by atoms with Gasteiger partial charge in [0.2, 0.25) is 5.91 Å². The molecule has 0 unspecified atom stereocenters. The van der Waals surface area contributed by atoms with Crippen LogP contribution in [0.25, 0.3) is 0 Å². The fourth-order valence-electron chi connectivity index (χ4n) is 2.68. The number of anilines is 2. The van der Waals surface area contributed by atoms with Crippen LogP contribution in [0.15, 0.2) is 53.1 Å². The van der Waals surface area contributed by atoms with Crippen molar-refractivity contribution in [3.8, 4) is 5.75 Å². The molecule has 2 amide bonds. The van der Waals surface area contributed by atoms with Crippen molar-refractivity contribution in [2.24, 2.45) is 0 Å². The molecule has 0 aliphatic rings. The number of amides is 2. The van der Waals surface area contributed by atoms with Gasteiger partial charge in [0.05, 0.1) is 11.3 Å². The predicted octanol–water partition coefficient (Wildman–Crippen LogP) is 4.47. The zero-order chi connectivity index (χ0) is 20.8. The summed E-state index contributed by atoms with van der Waals surface area (Å²) in [5.41, 5.74) is 3.48. The number of carbonyl (C=O) groups excluding carboxylic acids is 2. The van der Waals surface area contributed by atoms with E-state index in [9.17, 15) is 9.59 Å². The van der Waals surface area contributed by atoms with Gasteiger partial charge in [0.25, 0.3) is 5.91 Å². The summed E-state index contributed by atoms with van der Waals surface area (Å²) in [5, 5.41) is 9.51. The van der Waals surface area contributed by atoms with Crippen LogP contribution in [-0.2, 0) is 11.4 Å². The van der Waals surface area contributed by atoms with Gasteiger partial charge in [-0.1, -0.05) is 18.1 Å². The monoisotopic (exact) mass is 393 g/mol. The Bertz CT molecular complexity index is 990. The molecule has 0 atom stereocenters. The molecule has 29 heavy (non-hydrogen) atoms. The van der Waals surface area contributed by atoms with E-state index in [0.29, 0.717) is 35.7 Å². The first-order valence-corrected chi connectivity index (χ1v) is 9.32. The first-order chi connectivity index (χ1) is 14.0. The molecular formula is C22H23N3O4. The van der Waals surface area contributed by atoms with Crippen molar-refractivity contribution >= 4 is 23.2 Å². The first-order valence-electron chi connectivity index (χ1n) is 9.32. The summed E-state index contributed by atoms with van der Waals surface area (Å²) in [5.74, 6) is 0.985. The van der Waals surface area contributed by atoms with Gasteiger partial charge in [0, 0.05) is 23.4 Å². The van der Waals surface area contributed by atoms with Crippen LogP contribution in [0.2, 0.25) is 0 Å². The molecule has 150 valence electrons. The van der Waals surface area contributed by atoms with Crippen LogP contribution in [-0.4, -0.2) is 17.0 Å². The number of nitrogens with one attached hydrogen (secondary N) is 2. The quantitative estimate of drug-likeness (QED) is 0.618. The number of aromatic nitrogens is 1. The summed E-state index contributed by atoms with van der Waals surface area (Å²) in [7, 11) is 0. The second-order valence-corrected chi connectivity index (χ2v) is 6.55. The topological polar surface area (TPSA) is 93.5 Å². The molecule has 0 aliphatic carbocycles. The maximum Gasteiger partial charge on any atom is 0.255 e. The Labute approximate surface area is 169 Å². The maximum absolute atomic E-state index is 12.6. The van der Waals surface area contributed by atoms with E-state index in [0.717, 1.165) is 17.0 Å². The zero-order valence-corrected chi connectivity index (χ0v) is 16.6. The summed E-state index contributed by atoms with van der Waals surface area (Å²) < 4.78 is 10.9. The van der Waals surface area contributed by atoms with Crippen LogP contribution >= 0.6 is 0 Å². The van der Waals surface area contributed by atoms with Crippen LogP contribution < -0.4 is 15.4 Å². The van der Waals surface area contributed by atoms with Crippen LogP contribution in [0, 0.1) is 13.8 Å². The summed E-state index contributed by atoms with van der Waals surface area (Å²) in [4.78, 5) is 24.0. The summed E-state index contributed by atoms with van der Waals surface area (Å²) in [6.45, 7) is 5.80. The molecule has 0 saturated heterocycles. The van der Waals surface area contributed by atoms with Crippen molar-refractivity contribution in [2.45, 2.75) is 33.8 Å². The number of carbonyl (C=O) groups is 2. The van der Waals surface area contributed by atoms with Gasteiger partial charge >= 0.3 is 0 Å². The highest BCUT2D eigenvalue weighted by Crippen LogP contribution is 2.20. The standard InChI is InChI=1S/C22H23N3O4/c1-4-21(26)23-17-8-10-18(11-9-17)24-22(27)16-6-5-7-19(12-16)28-13-20-14(2)25-29-15(20)3/h5-12H,4,13H2,1-3H3,(H,23,26)(H,24,27). The Hall–Kier alpha value is -3.61. The molecule has 2 N–H and O–H groups in total. The number of hydrogen-bond donors (Lipinski definition) is 2. The minimum Gasteiger partial charge on any atom is -0.489 e. The minimum absolute atomic E-state index is 0.0600. The molecular weight excluding hydrogens is 370 g/mol. The van der Waals surface area contributed by atoms with Gasteiger partial charge in [-0.25, -0.2) is 0 Å². The summed E-state index contributed by atoms with van der Waals surface area (Å²) >= 11 is 0. The lowest BCUT2D eigenvalue weighted by molar-refractivity contribution is -0.115. The average Bonchev–Trinajstić information content (AvgIpc) is 3.05. The number of rotatable bonds is 7. The van der Waals surface area contributed by atoms with Gasteiger partial charge in [0.1, 0.15) is 18.1 Å². The van der Waals surface area contributed by atoms with Gasteiger partial charge in [0.15, 0.2) is 0 Å². The highest BCUT2D eigenvalue weighted by Gasteiger charge is 2.11. The molecule has 7 nitrogen and oxygen atoms in total. The van der Waals surface area contributed by atoms with Crippen LogP contribution in [0.1, 0.15) is 40.7 Å². The molecule has 7 heteroatoms. The van der Waals surface area contributed by atoms with Crippen molar-refractivity contribution < 1.29 is 18.8 Å². The molecule has 0 aliphatic heterocycles. The normalized spacial score (nSPS) is 10.4. The van der Waals surface area contributed by atoms with E-state index < -0.39 is 0 Å². The van der Waals surface area contributed by atoms with Gasteiger partial charge in [-0.2, -0.15) is 0 Å². The number of ether oxygens (including phenoxy) is 1. The Balaban J connectivity index is 1.62. The molecule has 2 aromatic carbocycles. The largest absolute Gasteiger partial charge is 0.489 e. The number of aryl methyl sites for hydroxylation is 2. The molecule has 0 bridgehead atoms. The van der Waals surface area contributed by atoms with Crippen molar-refractivity contribution in [2.75, 3.05) is 10.6 Å². The Morgan fingerprint density at radius 3 is 2.34 bits per heavy atom. The number of nitrogens with zero attached hydrogens (tertiary/aromatic N) is 1. The van der Waals surface area contributed by atoms with E-state index in [-0.39, 0.29) is 11.8 Å². The van der Waals surface area contributed by atoms with Crippen LogP contribution in [0.4, 0.5) is 11.4 Å². The number of benzene rings is 2. The molecule has 1 heterocycles. The van der Waals surface area contributed by atoms with Crippen molar-refractivity contribution in [1.82, 2.24) is 5.16 Å². The Morgan fingerprint density at radius 1 is 1.03 bits per heavy atom. The second-order valence-electron chi connectivity index (χ2n) is 6.55. The lowest BCUT2D eigenvalue weighted by Crippen LogP contribution is -2.12. The van der Waals surface area contributed by atoms with E-state index in [4.69, 9.17) is 9.26 Å². The van der Waals surface area contributed by atoms with E-state index in [1.807, 2.05) is 13.8 Å². The van der Waals surface area contributed by atoms with Gasteiger partial charge in [-0.15, -0.1) is 0 Å². The molecule has 3 aromatic rings. The van der Waals surface area contributed by atoms with Crippen LogP contribution in [0.5, 0.6) is 5.75 Å². The predicted molar refractivity (Wildman–Crippen MR) is 110 cm³/mol. The zero-order valence-electron chi connectivity index (χ0n) is 16.6. The van der Waals surface area contributed by atoms with Gasteiger partial charge in [-0.3, -0.25) is 9.59 Å². The SMILES string of the molecule is CCC(=O)Nc1ccc(NC(=O)c2cccc(OCc3c(C)noc3C)c2)cc1. The third-order valence-electron chi connectivity index (χ3n) is 4.41. The molecule has 0 spiro atoms. The summed E-state index contributed by atoms with van der Waals surface area (Å²) in [6.07, 6.45) is 0.410. The smallest absolute Gasteiger partial charge is 0.255 e. The fourth-order valence-corrected chi connectivity index (χ4v) is 2.68. The van der Waals surface area contributed by atoms with E-state index in [1.54, 1.807) is 55.5 Å². The Kier molecular flexibility index (Phi) is 6.29. The highest BCUT2D eigenvalue weighted by atomic mass is 16.5. The maximum atomic E-state index is 12.6. The second kappa shape index (κ2) is 9.05. The minimum atomic E-state index is -0.252. The van der Waals surface area contributed by atoms with E-state index in [2.05, 4.69) is 15.8 Å². The van der Waals surface area contributed by atoms with E-state index >= 15 is 0 Å². The molecule has 0 fully saturated rings. The third-order valence-corrected chi connectivity index (χ3v) is 4.41. The van der Waals surface area contributed by atoms with Crippen molar-refractivity contribution in [1.29, 1.82) is 0 Å². The van der Waals surface area contributed by atoms with Crippen LogP contribution in [0.3, 0.4) is 0 Å². The number of hydrogen-bond acceptors (Lipinski definition) is 5.